The summed E-state index contributed by atoms with van der Waals surface area (Å²) in [6, 6.07) is 0.637. The average Bonchev–Trinajstić information content (AvgIpc) is 2.38. The third-order valence-corrected chi connectivity index (χ3v) is 3.00. The zero-order chi connectivity index (χ0) is 13.0. The number of hydrogen-bond donors (Lipinski definition) is 0. The molecule has 1 aliphatic heterocycles. The fraction of sp³-hybridized carbons (Fsp3) is 0.786. The molecule has 1 heterocycles. The number of hydrogen-bond acceptors (Lipinski definition) is 1. The Hall–Kier alpha value is 0.466. The summed E-state index contributed by atoms with van der Waals surface area (Å²) in [4.78, 5) is 2.56. The maximum atomic E-state index is 3.97. The molecule has 0 aromatic rings. The van der Waals surface area contributed by atoms with Gasteiger partial charge in [0.15, 0.2) is 0 Å². The molecule has 0 saturated carbocycles. The summed E-state index contributed by atoms with van der Waals surface area (Å²) in [6.07, 6.45) is 4.74. The van der Waals surface area contributed by atoms with Crippen LogP contribution in [0, 0.1) is 19.8 Å². The van der Waals surface area contributed by atoms with Crippen molar-refractivity contribution >= 4 is 5.07 Å². The minimum atomic E-state index is 0.637. The Balaban J connectivity index is 0. The zero-order valence-electron chi connectivity index (χ0n) is 11.3. The predicted molar refractivity (Wildman–Crippen MR) is 72.2 cm³/mol. The van der Waals surface area contributed by atoms with Crippen LogP contribution in [0.1, 0.15) is 46.5 Å². The Kier molecular flexibility index (Phi) is 15.9. The molecule has 0 amide bonds. The van der Waals surface area contributed by atoms with Crippen molar-refractivity contribution < 1.29 is 18.1 Å². The summed E-state index contributed by atoms with van der Waals surface area (Å²) in [7, 11) is 0. The quantitative estimate of drug-likeness (QED) is 0.654. The summed E-state index contributed by atoms with van der Waals surface area (Å²) in [5.74, 6) is 0.927. The summed E-state index contributed by atoms with van der Waals surface area (Å²) in [5, 5.41) is 3.28. The van der Waals surface area contributed by atoms with E-state index in [-0.39, 0.29) is 0 Å². The van der Waals surface area contributed by atoms with Gasteiger partial charge in [-0.3, -0.25) is 0 Å². The second-order valence-corrected chi connectivity index (χ2v) is 3.95. The summed E-state index contributed by atoms with van der Waals surface area (Å²) in [6.45, 7) is 16.8. The number of nitrogens with zero attached hydrogens (tertiary/aromatic N) is 1. The third kappa shape index (κ3) is 7.69. The van der Waals surface area contributed by atoms with Crippen molar-refractivity contribution in [2.75, 3.05) is 13.1 Å². The van der Waals surface area contributed by atoms with Crippen molar-refractivity contribution in [3.05, 3.63) is 13.8 Å². The standard InChI is InChI=1S/C11H21N.C2H6.CH2.Os/c1-4-11(5-2)12-8-6-10(3)7-9-12;1-2;;/h10-11H,1-2,4-9H2,3H3;1-2H3;1H2;/q-2;;;. The number of piperidine rings is 1. The van der Waals surface area contributed by atoms with Crippen LogP contribution in [0.25, 0.3) is 0 Å². The van der Waals surface area contributed by atoms with E-state index < -0.39 is 0 Å². The van der Waals surface area contributed by atoms with Gasteiger partial charge in [-0.25, -0.2) is 0 Å². The van der Waals surface area contributed by atoms with Crippen LogP contribution in [-0.2, 0) is 18.1 Å². The molecule has 0 N–H and O–H groups in total. The Morgan fingerprint density at radius 3 is 1.88 bits per heavy atom. The van der Waals surface area contributed by atoms with Gasteiger partial charge < -0.3 is 18.7 Å². The van der Waals surface area contributed by atoms with Crippen LogP contribution in [0.3, 0.4) is 0 Å². The van der Waals surface area contributed by atoms with Crippen molar-refractivity contribution in [1.82, 2.24) is 4.90 Å². The van der Waals surface area contributed by atoms with Crippen molar-refractivity contribution in [2.24, 2.45) is 5.92 Å². The first kappa shape index (κ1) is 18.8. The van der Waals surface area contributed by atoms with Crippen LogP contribution in [0.5, 0.6) is 0 Å². The fourth-order valence-corrected chi connectivity index (χ4v) is 1.90. The first-order valence-corrected chi connectivity index (χ1v) is 8.15. The van der Waals surface area contributed by atoms with Gasteiger partial charge in [-0.15, -0.1) is 0 Å². The van der Waals surface area contributed by atoms with E-state index in [9.17, 15) is 0 Å². The first-order valence-electron chi connectivity index (χ1n) is 6.35. The Bertz CT molecular complexity index is 127. The van der Waals surface area contributed by atoms with Gasteiger partial charge in [-0.2, -0.15) is 12.8 Å². The molecule has 0 unspecified atom stereocenters. The molecule has 0 aromatic carbocycles. The topological polar surface area (TPSA) is 3.24 Å². The molecule has 0 radical (unpaired) electrons. The molecule has 1 aliphatic rings. The van der Waals surface area contributed by atoms with Gasteiger partial charge in [0.05, 0.1) is 0 Å². The second kappa shape index (κ2) is 13.5. The monoisotopic (exact) mass is 403 g/mol. The molecule has 0 aromatic heterocycles. The Morgan fingerprint density at radius 1 is 1.19 bits per heavy atom. The normalized spacial score (nSPS) is 17.2. The van der Waals surface area contributed by atoms with Crippen LogP contribution < -0.4 is 0 Å². The molecule has 16 heavy (non-hydrogen) atoms. The summed E-state index contributed by atoms with van der Waals surface area (Å²) in [5.41, 5.74) is 0. The molecule has 1 rings (SSSR count). The zero-order valence-corrected chi connectivity index (χ0v) is 13.9. The summed E-state index contributed by atoms with van der Waals surface area (Å²) >= 11 is 1.61. The van der Waals surface area contributed by atoms with E-state index in [2.05, 4.69) is 30.7 Å². The Labute approximate surface area is 113 Å². The SMILES string of the molecule is CC.[CH2-]CC(C[CH2-])N1CCC(C)CC1.[CH2]=[Os]. The molecule has 0 spiro atoms. The van der Waals surface area contributed by atoms with Gasteiger partial charge >= 0.3 is 23.2 Å². The maximum absolute atomic E-state index is 3.97. The third-order valence-electron chi connectivity index (χ3n) is 3.00. The van der Waals surface area contributed by atoms with Gasteiger partial charge in [-0.05, 0) is 37.9 Å². The van der Waals surface area contributed by atoms with Crippen molar-refractivity contribution in [3.63, 3.8) is 0 Å². The van der Waals surface area contributed by atoms with Gasteiger partial charge in [0.2, 0.25) is 0 Å². The molecule has 1 saturated heterocycles. The van der Waals surface area contributed by atoms with Gasteiger partial charge in [0, 0.05) is 0 Å². The Morgan fingerprint density at radius 2 is 1.56 bits per heavy atom. The molecule has 100 valence electrons. The van der Waals surface area contributed by atoms with E-state index in [0.717, 1.165) is 18.8 Å². The van der Waals surface area contributed by atoms with E-state index in [4.69, 9.17) is 0 Å². The molecule has 1 fully saturated rings. The predicted octanol–water partition coefficient (Wildman–Crippen LogP) is 3.53. The number of likely N-dealkylation sites (tertiary alicyclic amines) is 1. The van der Waals surface area contributed by atoms with Crippen molar-refractivity contribution in [3.8, 4) is 0 Å². The van der Waals surface area contributed by atoms with E-state index >= 15 is 0 Å². The molecule has 1 nitrogen and oxygen atoms in total. The van der Waals surface area contributed by atoms with E-state index in [1.807, 2.05) is 13.8 Å². The van der Waals surface area contributed by atoms with E-state index in [1.165, 1.54) is 25.9 Å². The van der Waals surface area contributed by atoms with Gasteiger partial charge in [0.1, 0.15) is 0 Å². The minimum absolute atomic E-state index is 0.637. The van der Waals surface area contributed by atoms with Crippen LogP contribution >= 0.6 is 0 Å². The average molecular weight is 402 g/mol. The molecular weight excluding hydrogens is 372 g/mol. The van der Waals surface area contributed by atoms with Gasteiger partial charge in [-0.1, -0.05) is 20.8 Å². The molecule has 0 atom stereocenters. The van der Waals surface area contributed by atoms with Crippen LogP contribution in [0.4, 0.5) is 0 Å². The molecule has 0 bridgehead atoms. The van der Waals surface area contributed by atoms with Crippen molar-refractivity contribution in [1.29, 1.82) is 0 Å². The second-order valence-electron chi connectivity index (χ2n) is 3.95. The van der Waals surface area contributed by atoms with Crippen LogP contribution in [0.2, 0.25) is 0 Å². The van der Waals surface area contributed by atoms with E-state index in [0.29, 0.717) is 6.04 Å². The van der Waals surface area contributed by atoms with Gasteiger partial charge in [0.25, 0.3) is 0 Å². The summed E-state index contributed by atoms with van der Waals surface area (Å²) < 4.78 is 0. The fourth-order valence-electron chi connectivity index (χ4n) is 1.90. The van der Waals surface area contributed by atoms with Crippen molar-refractivity contribution in [2.45, 2.75) is 52.5 Å². The molecule has 2 heteroatoms. The molecular formula is C14H29NOs-2. The molecule has 0 aliphatic carbocycles. The van der Waals surface area contributed by atoms with E-state index in [1.54, 1.807) is 18.1 Å². The van der Waals surface area contributed by atoms with Crippen LogP contribution in [0.15, 0.2) is 0 Å². The number of rotatable bonds is 3. The van der Waals surface area contributed by atoms with Crippen LogP contribution in [-0.4, -0.2) is 29.1 Å². The first-order chi connectivity index (χ1) is 7.77.